The van der Waals surface area contributed by atoms with Crippen LogP contribution in [0.3, 0.4) is 0 Å². The lowest BCUT2D eigenvalue weighted by Crippen LogP contribution is -2.11. The van der Waals surface area contributed by atoms with Crippen molar-refractivity contribution in [3.05, 3.63) is 70.9 Å². The van der Waals surface area contributed by atoms with Crippen molar-refractivity contribution >= 4 is 27.6 Å². The standard InChI is InChI=1S/C29H33NO6S2/c1-4-38(33,34)10-6-9-35-24-11-19(2)29(20(3)12-24)22-8-5-7-21(13-22)17-36-27-15-26-25(16-30-27)23(18-37-26)14-28(31)32/h5,7-8,11-13,15-16,23H,4,6,9-10,14,17-18H2,1-3H3,(H,31,32). The predicted molar refractivity (Wildman–Crippen MR) is 150 cm³/mol. The van der Waals surface area contributed by atoms with Gasteiger partial charge < -0.3 is 14.6 Å². The van der Waals surface area contributed by atoms with Crippen LogP contribution >= 0.6 is 11.8 Å². The van der Waals surface area contributed by atoms with Crippen molar-refractivity contribution in [2.75, 3.05) is 23.9 Å². The lowest BCUT2D eigenvalue weighted by atomic mass is 9.94. The molecule has 7 nitrogen and oxygen atoms in total. The summed E-state index contributed by atoms with van der Waals surface area (Å²) >= 11 is 1.65. The number of nitrogens with zero attached hydrogens (tertiary/aromatic N) is 1. The number of pyridine rings is 1. The Morgan fingerprint density at radius 2 is 1.89 bits per heavy atom. The Labute approximate surface area is 228 Å². The summed E-state index contributed by atoms with van der Waals surface area (Å²) in [5, 5.41) is 9.11. The van der Waals surface area contributed by atoms with E-state index in [0.717, 1.165) is 49.8 Å². The summed E-state index contributed by atoms with van der Waals surface area (Å²) < 4.78 is 35.2. The van der Waals surface area contributed by atoms with Gasteiger partial charge >= 0.3 is 5.97 Å². The van der Waals surface area contributed by atoms with Crippen LogP contribution < -0.4 is 9.47 Å². The van der Waals surface area contributed by atoms with Gasteiger partial charge in [-0.05, 0) is 71.8 Å². The van der Waals surface area contributed by atoms with Crippen molar-refractivity contribution < 1.29 is 27.8 Å². The Balaban J connectivity index is 1.40. The van der Waals surface area contributed by atoms with Crippen LogP contribution in [0.25, 0.3) is 11.1 Å². The zero-order valence-electron chi connectivity index (χ0n) is 21.9. The highest BCUT2D eigenvalue weighted by atomic mass is 32.2. The molecule has 9 heteroatoms. The number of aliphatic carboxylic acids is 1. The summed E-state index contributed by atoms with van der Waals surface area (Å²) in [6, 6.07) is 14.1. The van der Waals surface area contributed by atoms with Gasteiger partial charge in [0.2, 0.25) is 5.88 Å². The fourth-order valence-corrected chi connectivity index (χ4v) is 6.74. The van der Waals surface area contributed by atoms with Crippen LogP contribution in [0.4, 0.5) is 0 Å². The van der Waals surface area contributed by atoms with Crippen molar-refractivity contribution in [3.8, 4) is 22.8 Å². The van der Waals surface area contributed by atoms with E-state index in [1.54, 1.807) is 24.9 Å². The van der Waals surface area contributed by atoms with Crippen LogP contribution in [0.2, 0.25) is 0 Å². The number of carboxylic acid groups (broad SMARTS) is 1. The highest BCUT2D eigenvalue weighted by Gasteiger charge is 2.26. The molecule has 2 heterocycles. The van der Waals surface area contributed by atoms with E-state index in [9.17, 15) is 13.2 Å². The highest BCUT2D eigenvalue weighted by molar-refractivity contribution is 7.99. The van der Waals surface area contributed by atoms with Crippen LogP contribution in [0, 0.1) is 13.8 Å². The Morgan fingerprint density at radius 3 is 2.61 bits per heavy atom. The second-order valence-electron chi connectivity index (χ2n) is 9.53. The summed E-state index contributed by atoms with van der Waals surface area (Å²) in [6.45, 7) is 6.47. The number of rotatable bonds is 12. The molecule has 38 heavy (non-hydrogen) atoms. The van der Waals surface area contributed by atoms with Crippen molar-refractivity contribution in [2.45, 2.75) is 51.0 Å². The van der Waals surface area contributed by atoms with Gasteiger partial charge in [-0.25, -0.2) is 13.4 Å². The van der Waals surface area contributed by atoms with Gasteiger partial charge in [-0.15, -0.1) is 11.8 Å². The molecule has 0 bridgehead atoms. The van der Waals surface area contributed by atoms with Crippen LogP contribution in [-0.2, 0) is 21.2 Å². The minimum absolute atomic E-state index is 0.00815. The van der Waals surface area contributed by atoms with Crippen LogP contribution in [0.1, 0.15) is 47.9 Å². The lowest BCUT2D eigenvalue weighted by molar-refractivity contribution is -0.137. The van der Waals surface area contributed by atoms with Gasteiger partial charge in [0.15, 0.2) is 0 Å². The summed E-state index contributed by atoms with van der Waals surface area (Å²) in [4.78, 5) is 16.5. The number of fused-ring (bicyclic) bond motifs is 1. The van der Waals surface area contributed by atoms with Gasteiger partial charge in [-0.1, -0.05) is 25.1 Å². The first-order chi connectivity index (χ1) is 18.1. The average molecular weight is 556 g/mol. The molecule has 4 rings (SSSR count). The topological polar surface area (TPSA) is 103 Å². The molecule has 0 saturated carbocycles. The van der Waals surface area contributed by atoms with Crippen LogP contribution in [-0.4, -0.2) is 48.3 Å². The Kier molecular flexibility index (Phi) is 8.99. The molecule has 1 N–H and O–H groups in total. The number of ether oxygens (including phenoxy) is 2. The third-order valence-electron chi connectivity index (χ3n) is 6.59. The molecule has 0 amide bonds. The van der Waals surface area contributed by atoms with E-state index in [0.29, 0.717) is 25.5 Å². The van der Waals surface area contributed by atoms with Gasteiger partial charge in [0, 0.05) is 34.6 Å². The van der Waals surface area contributed by atoms with Gasteiger partial charge in [-0.2, -0.15) is 0 Å². The van der Waals surface area contributed by atoms with E-state index in [1.165, 1.54) is 0 Å². The number of carbonyl (C=O) groups is 1. The molecule has 202 valence electrons. The van der Waals surface area contributed by atoms with Gasteiger partial charge in [0.1, 0.15) is 22.2 Å². The number of thioether (sulfide) groups is 1. The third kappa shape index (κ3) is 7.08. The molecule has 0 radical (unpaired) electrons. The number of hydrogen-bond acceptors (Lipinski definition) is 7. The van der Waals surface area contributed by atoms with E-state index in [2.05, 4.69) is 17.1 Å². The quantitative estimate of drug-likeness (QED) is 0.279. The molecule has 2 aromatic carbocycles. The van der Waals surface area contributed by atoms with Crippen molar-refractivity contribution in [1.82, 2.24) is 4.98 Å². The molecule has 1 atom stereocenters. The molecule has 1 aliphatic rings. The van der Waals surface area contributed by atoms with Crippen LogP contribution in [0.5, 0.6) is 11.6 Å². The van der Waals surface area contributed by atoms with Gasteiger partial charge in [-0.3, -0.25) is 4.79 Å². The van der Waals surface area contributed by atoms with Gasteiger partial charge in [0.25, 0.3) is 0 Å². The maximum absolute atomic E-state index is 11.7. The molecule has 1 unspecified atom stereocenters. The maximum Gasteiger partial charge on any atom is 0.303 e. The summed E-state index contributed by atoms with van der Waals surface area (Å²) in [5.41, 5.74) is 6.36. The number of aryl methyl sites for hydroxylation is 2. The fraction of sp³-hybridized carbons (Fsp3) is 0.379. The second-order valence-corrected chi connectivity index (χ2v) is 13.1. The Hall–Kier alpha value is -3.04. The smallest absolute Gasteiger partial charge is 0.303 e. The SMILES string of the molecule is CCS(=O)(=O)CCCOc1cc(C)c(-c2cccc(COc3cc4c(cn3)C(CC(=O)O)CS4)c2)c(C)c1. The molecule has 0 fully saturated rings. The maximum atomic E-state index is 11.7. The third-order valence-corrected chi connectivity index (χ3v) is 9.61. The van der Waals surface area contributed by atoms with E-state index < -0.39 is 15.8 Å². The largest absolute Gasteiger partial charge is 0.494 e. The lowest BCUT2D eigenvalue weighted by Gasteiger charge is -2.15. The number of hydrogen-bond donors (Lipinski definition) is 1. The molecule has 3 aromatic rings. The molecule has 1 aromatic heterocycles. The van der Waals surface area contributed by atoms with E-state index in [-0.39, 0.29) is 23.8 Å². The minimum atomic E-state index is -2.98. The van der Waals surface area contributed by atoms with Crippen molar-refractivity contribution in [2.24, 2.45) is 0 Å². The number of carboxylic acids is 1. The summed E-state index contributed by atoms with van der Waals surface area (Å²) in [6.07, 6.45) is 2.33. The van der Waals surface area contributed by atoms with E-state index in [4.69, 9.17) is 14.6 Å². The summed E-state index contributed by atoms with van der Waals surface area (Å²) in [5.74, 6) is 1.50. The molecule has 0 spiro atoms. The zero-order valence-corrected chi connectivity index (χ0v) is 23.5. The fourth-order valence-electron chi connectivity index (χ4n) is 4.65. The monoisotopic (exact) mass is 555 g/mol. The number of sulfone groups is 1. The summed E-state index contributed by atoms with van der Waals surface area (Å²) in [7, 11) is -2.98. The van der Waals surface area contributed by atoms with Crippen molar-refractivity contribution in [3.63, 3.8) is 0 Å². The predicted octanol–water partition coefficient (Wildman–Crippen LogP) is 5.81. The van der Waals surface area contributed by atoms with Gasteiger partial charge in [0.05, 0.1) is 18.8 Å². The Bertz CT molecular complexity index is 1400. The normalized spacial score (nSPS) is 14.8. The number of aromatic nitrogens is 1. The highest BCUT2D eigenvalue weighted by Crippen LogP contribution is 2.42. The molecular weight excluding hydrogens is 522 g/mol. The molecule has 0 saturated heterocycles. The number of benzene rings is 2. The average Bonchev–Trinajstić information content (AvgIpc) is 3.26. The zero-order chi connectivity index (χ0) is 27.3. The minimum Gasteiger partial charge on any atom is -0.494 e. The van der Waals surface area contributed by atoms with E-state index >= 15 is 0 Å². The second kappa shape index (κ2) is 12.2. The first-order valence-electron chi connectivity index (χ1n) is 12.7. The van der Waals surface area contributed by atoms with Crippen molar-refractivity contribution in [1.29, 1.82) is 0 Å². The van der Waals surface area contributed by atoms with Crippen LogP contribution in [0.15, 0.2) is 53.6 Å². The Morgan fingerprint density at radius 1 is 1.13 bits per heavy atom. The molecule has 0 aliphatic carbocycles. The first kappa shape index (κ1) is 28.0. The first-order valence-corrected chi connectivity index (χ1v) is 15.5. The van der Waals surface area contributed by atoms with E-state index in [1.807, 2.05) is 44.2 Å². The molecule has 1 aliphatic heterocycles. The molecular formula is C29H33NO6S2.